The normalized spacial score (nSPS) is 17.1. The molecule has 0 saturated carbocycles. The molecule has 1 aliphatic rings. The minimum Gasteiger partial charge on any atom is -0.493 e. The summed E-state index contributed by atoms with van der Waals surface area (Å²) in [5.41, 5.74) is 2.58. The summed E-state index contributed by atoms with van der Waals surface area (Å²) >= 11 is 0. The fourth-order valence-electron chi connectivity index (χ4n) is 2.37. The zero-order valence-electron chi connectivity index (χ0n) is 11.2. The molecule has 18 heavy (non-hydrogen) atoms. The van der Waals surface area contributed by atoms with Crippen LogP contribution in [-0.4, -0.2) is 31.5 Å². The van der Waals surface area contributed by atoms with Crippen molar-refractivity contribution in [2.24, 2.45) is 5.92 Å². The van der Waals surface area contributed by atoms with E-state index in [1.165, 1.54) is 11.1 Å². The molecule has 1 aliphatic heterocycles. The number of hydrogen-bond acceptors (Lipinski definition) is 3. The molecule has 1 N–H and O–H groups in total. The van der Waals surface area contributed by atoms with E-state index in [2.05, 4.69) is 12.1 Å². The van der Waals surface area contributed by atoms with Crippen LogP contribution in [0.5, 0.6) is 5.75 Å². The lowest BCUT2D eigenvalue weighted by atomic mass is 9.97. The van der Waals surface area contributed by atoms with Gasteiger partial charge in [0.25, 0.3) is 0 Å². The maximum absolute atomic E-state index is 10.00. The summed E-state index contributed by atoms with van der Waals surface area (Å²) in [6, 6.07) is 6.34. The van der Waals surface area contributed by atoms with Gasteiger partial charge in [-0.2, -0.15) is 0 Å². The van der Waals surface area contributed by atoms with Crippen LogP contribution in [0.3, 0.4) is 0 Å². The lowest BCUT2D eigenvalue weighted by Gasteiger charge is -2.17. The highest BCUT2D eigenvalue weighted by Gasteiger charge is 2.15. The maximum Gasteiger partial charge on any atom is 0.122 e. The standard InChI is InChI=1S/C15H22O3/c1-11(10-17-2)14(16)5-3-12-4-6-15-13(9-12)7-8-18-15/h4,6,9,11,14,16H,3,5,7-8,10H2,1-2H3. The first-order valence-corrected chi connectivity index (χ1v) is 6.62. The Balaban J connectivity index is 1.86. The lowest BCUT2D eigenvalue weighted by molar-refractivity contribution is 0.0522. The summed E-state index contributed by atoms with van der Waals surface area (Å²) in [4.78, 5) is 0. The van der Waals surface area contributed by atoms with E-state index in [0.29, 0.717) is 6.61 Å². The molecule has 3 nitrogen and oxygen atoms in total. The van der Waals surface area contributed by atoms with Gasteiger partial charge in [-0.25, -0.2) is 0 Å². The molecule has 0 fully saturated rings. The van der Waals surface area contributed by atoms with Crippen molar-refractivity contribution in [3.63, 3.8) is 0 Å². The van der Waals surface area contributed by atoms with Gasteiger partial charge < -0.3 is 14.6 Å². The van der Waals surface area contributed by atoms with Gasteiger partial charge >= 0.3 is 0 Å². The van der Waals surface area contributed by atoms with Crippen LogP contribution in [-0.2, 0) is 17.6 Å². The van der Waals surface area contributed by atoms with E-state index >= 15 is 0 Å². The third-order valence-electron chi connectivity index (χ3n) is 3.57. The van der Waals surface area contributed by atoms with Crippen LogP contribution in [0, 0.1) is 5.92 Å². The van der Waals surface area contributed by atoms with E-state index in [9.17, 15) is 5.11 Å². The van der Waals surface area contributed by atoms with Crippen LogP contribution in [0.15, 0.2) is 18.2 Å². The summed E-state index contributed by atoms with van der Waals surface area (Å²) in [6.45, 7) is 3.43. The predicted octanol–water partition coefficient (Wildman–Crippen LogP) is 2.20. The average Bonchev–Trinajstić information content (AvgIpc) is 2.83. The summed E-state index contributed by atoms with van der Waals surface area (Å²) < 4.78 is 10.5. The molecule has 0 radical (unpaired) electrons. The SMILES string of the molecule is COCC(C)C(O)CCc1ccc2c(c1)CCO2. The van der Waals surface area contributed by atoms with Crippen molar-refractivity contribution in [1.82, 2.24) is 0 Å². The number of methoxy groups -OCH3 is 1. The molecule has 3 heteroatoms. The second-order valence-electron chi connectivity index (χ2n) is 5.08. The van der Waals surface area contributed by atoms with Crippen molar-refractivity contribution in [1.29, 1.82) is 0 Å². The fraction of sp³-hybridized carbons (Fsp3) is 0.600. The second kappa shape index (κ2) is 6.21. The van der Waals surface area contributed by atoms with E-state index in [-0.39, 0.29) is 12.0 Å². The Morgan fingerprint density at radius 2 is 2.28 bits per heavy atom. The first-order valence-electron chi connectivity index (χ1n) is 6.62. The molecule has 0 saturated heterocycles. The highest BCUT2D eigenvalue weighted by molar-refractivity contribution is 5.39. The summed E-state index contributed by atoms with van der Waals surface area (Å²) in [6.07, 6.45) is 2.40. The van der Waals surface area contributed by atoms with Gasteiger partial charge in [0.2, 0.25) is 0 Å². The largest absolute Gasteiger partial charge is 0.493 e. The molecule has 2 rings (SSSR count). The van der Waals surface area contributed by atoms with E-state index in [1.54, 1.807) is 7.11 Å². The highest BCUT2D eigenvalue weighted by atomic mass is 16.5. The lowest BCUT2D eigenvalue weighted by Crippen LogP contribution is -2.22. The predicted molar refractivity (Wildman–Crippen MR) is 71.0 cm³/mol. The Morgan fingerprint density at radius 1 is 1.44 bits per heavy atom. The molecule has 0 spiro atoms. The van der Waals surface area contributed by atoms with Crippen LogP contribution < -0.4 is 4.74 Å². The first-order chi connectivity index (χ1) is 8.70. The average molecular weight is 250 g/mol. The van der Waals surface area contributed by atoms with Crippen molar-refractivity contribution >= 4 is 0 Å². The quantitative estimate of drug-likeness (QED) is 0.841. The number of ether oxygens (including phenoxy) is 2. The Kier molecular flexibility index (Phi) is 4.61. The van der Waals surface area contributed by atoms with Gasteiger partial charge in [0.1, 0.15) is 5.75 Å². The summed E-state index contributed by atoms with van der Waals surface area (Å²) in [5.74, 6) is 1.21. The minimum atomic E-state index is -0.297. The number of aryl methyl sites for hydroxylation is 1. The van der Waals surface area contributed by atoms with E-state index < -0.39 is 0 Å². The summed E-state index contributed by atoms with van der Waals surface area (Å²) in [5, 5.41) is 10.00. The smallest absolute Gasteiger partial charge is 0.122 e. The van der Waals surface area contributed by atoms with Crippen molar-refractivity contribution < 1.29 is 14.6 Å². The van der Waals surface area contributed by atoms with Crippen LogP contribution in [0.4, 0.5) is 0 Å². The Labute approximate surface area is 109 Å². The van der Waals surface area contributed by atoms with Crippen LogP contribution in [0.25, 0.3) is 0 Å². The Hall–Kier alpha value is -1.06. The monoisotopic (exact) mass is 250 g/mol. The van der Waals surface area contributed by atoms with Crippen molar-refractivity contribution in [3.8, 4) is 5.75 Å². The zero-order chi connectivity index (χ0) is 13.0. The number of benzene rings is 1. The Morgan fingerprint density at radius 3 is 3.06 bits per heavy atom. The van der Waals surface area contributed by atoms with Crippen LogP contribution >= 0.6 is 0 Å². The molecular formula is C15H22O3. The molecule has 100 valence electrons. The van der Waals surface area contributed by atoms with Gasteiger partial charge in [-0.15, -0.1) is 0 Å². The van der Waals surface area contributed by atoms with Gasteiger partial charge in [0, 0.05) is 19.4 Å². The van der Waals surface area contributed by atoms with Gasteiger partial charge in [0.15, 0.2) is 0 Å². The van der Waals surface area contributed by atoms with Crippen molar-refractivity contribution in [2.45, 2.75) is 32.3 Å². The first kappa shape index (κ1) is 13.4. The van der Waals surface area contributed by atoms with Crippen LogP contribution in [0.2, 0.25) is 0 Å². The van der Waals surface area contributed by atoms with E-state index in [0.717, 1.165) is 31.6 Å². The second-order valence-corrected chi connectivity index (χ2v) is 5.08. The van der Waals surface area contributed by atoms with Gasteiger partial charge in [-0.3, -0.25) is 0 Å². The number of fused-ring (bicyclic) bond motifs is 1. The van der Waals surface area contributed by atoms with E-state index in [1.807, 2.05) is 13.0 Å². The molecule has 1 heterocycles. The number of aliphatic hydroxyl groups excluding tert-OH is 1. The molecule has 2 atom stereocenters. The molecule has 0 amide bonds. The third-order valence-corrected chi connectivity index (χ3v) is 3.57. The van der Waals surface area contributed by atoms with Crippen LogP contribution in [0.1, 0.15) is 24.5 Å². The highest BCUT2D eigenvalue weighted by Crippen LogP contribution is 2.26. The molecule has 0 bridgehead atoms. The van der Waals surface area contributed by atoms with Crippen molar-refractivity contribution in [2.75, 3.05) is 20.3 Å². The molecule has 1 aromatic carbocycles. The van der Waals surface area contributed by atoms with Gasteiger partial charge in [0.05, 0.1) is 19.3 Å². The molecule has 0 aliphatic carbocycles. The topological polar surface area (TPSA) is 38.7 Å². The number of aliphatic hydroxyl groups is 1. The minimum absolute atomic E-state index is 0.188. The van der Waals surface area contributed by atoms with E-state index in [4.69, 9.17) is 9.47 Å². The maximum atomic E-state index is 10.00. The molecule has 0 aromatic heterocycles. The summed E-state index contributed by atoms with van der Waals surface area (Å²) in [7, 11) is 1.67. The zero-order valence-corrected chi connectivity index (χ0v) is 11.2. The molecule has 2 unspecified atom stereocenters. The number of rotatable bonds is 6. The number of hydrogen-bond donors (Lipinski definition) is 1. The van der Waals surface area contributed by atoms with Gasteiger partial charge in [-0.05, 0) is 30.0 Å². The molecular weight excluding hydrogens is 228 g/mol. The fourth-order valence-corrected chi connectivity index (χ4v) is 2.37. The van der Waals surface area contributed by atoms with Gasteiger partial charge in [-0.1, -0.05) is 19.1 Å². The van der Waals surface area contributed by atoms with Crippen molar-refractivity contribution in [3.05, 3.63) is 29.3 Å². The third kappa shape index (κ3) is 3.24. The molecule has 1 aromatic rings. The Bertz CT molecular complexity index is 389.